The Morgan fingerprint density at radius 1 is 1.25 bits per heavy atom. The van der Waals surface area contributed by atoms with E-state index < -0.39 is 10.1 Å². The van der Waals surface area contributed by atoms with Gasteiger partial charge in [-0.3, -0.25) is 9.35 Å². The van der Waals surface area contributed by atoms with Gasteiger partial charge in [0.1, 0.15) is 6.54 Å². The molecule has 20 heavy (non-hydrogen) atoms. The molecule has 0 aromatic rings. The van der Waals surface area contributed by atoms with Crippen LogP contribution in [0.5, 0.6) is 0 Å². The number of carbonyl (C=O) groups excluding carboxylic acids is 1. The third-order valence-electron chi connectivity index (χ3n) is 2.96. The summed E-state index contributed by atoms with van der Waals surface area (Å²) in [7, 11) is 0.0490. The number of Topliss-reactive ketones (excluding diaryl/α,β-unsaturated/α-hetero) is 1. The fourth-order valence-corrected chi connectivity index (χ4v) is 2.07. The van der Waals surface area contributed by atoms with Crippen LogP contribution in [0.1, 0.15) is 19.8 Å². The summed E-state index contributed by atoms with van der Waals surface area (Å²) in [6.07, 6.45) is 0.742. The molecule has 0 amide bonds. The van der Waals surface area contributed by atoms with Crippen molar-refractivity contribution in [1.29, 1.82) is 0 Å². The van der Waals surface area contributed by atoms with E-state index in [1.807, 2.05) is 14.1 Å². The molecule has 0 bridgehead atoms. The van der Waals surface area contributed by atoms with Crippen molar-refractivity contribution in [2.75, 3.05) is 46.2 Å². The minimum atomic E-state index is -3.88. The Hall–Kier alpha value is -0.760. The molecule has 0 radical (unpaired) electrons. The Morgan fingerprint density at radius 2 is 1.85 bits per heavy atom. The lowest BCUT2D eigenvalue weighted by molar-refractivity contribution is -0.890. The highest BCUT2D eigenvalue weighted by atomic mass is 32.2. The zero-order valence-electron chi connectivity index (χ0n) is 12.6. The molecule has 0 aromatic carbocycles. The normalized spacial score (nSPS) is 12.4. The van der Waals surface area contributed by atoms with E-state index in [2.05, 4.69) is 6.58 Å². The van der Waals surface area contributed by atoms with Gasteiger partial charge >= 0.3 is 0 Å². The van der Waals surface area contributed by atoms with Crippen molar-refractivity contribution in [2.45, 2.75) is 19.8 Å². The van der Waals surface area contributed by atoms with Gasteiger partial charge in [-0.05, 0) is 12.5 Å². The van der Waals surface area contributed by atoms with Gasteiger partial charge in [0, 0.05) is 12.8 Å². The van der Waals surface area contributed by atoms with Crippen LogP contribution in [-0.4, -0.2) is 69.4 Å². The molecular formula is C13H26NO5S+. The van der Waals surface area contributed by atoms with Gasteiger partial charge in [0.25, 0.3) is 10.1 Å². The van der Waals surface area contributed by atoms with Crippen LogP contribution in [0.4, 0.5) is 0 Å². The molecule has 0 aromatic heterocycles. The summed E-state index contributed by atoms with van der Waals surface area (Å²) in [5.74, 6) is -0.213. The molecule has 1 N–H and O–H groups in total. The number of rotatable bonds is 11. The second-order valence-electron chi connectivity index (χ2n) is 5.59. The number of hydrogen-bond donors (Lipinski definition) is 1. The van der Waals surface area contributed by atoms with Crippen LogP contribution in [0, 0.1) is 0 Å². The van der Waals surface area contributed by atoms with Crippen LogP contribution in [0.25, 0.3) is 0 Å². The van der Waals surface area contributed by atoms with Gasteiger partial charge in [0.15, 0.2) is 5.78 Å². The van der Waals surface area contributed by atoms with Crippen molar-refractivity contribution in [3.63, 3.8) is 0 Å². The number of quaternary nitrogens is 1. The number of allylic oxidation sites excluding steroid dienone is 1. The van der Waals surface area contributed by atoms with Crippen molar-refractivity contribution < 1.29 is 27.0 Å². The maximum atomic E-state index is 11.3. The van der Waals surface area contributed by atoms with E-state index in [4.69, 9.17) is 9.29 Å². The van der Waals surface area contributed by atoms with E-state index in [1.54, 1.807) is 6.92 Å². The smallest absolute Gasteiger partial charge is 0.265 e. The van der Waals surface area contributed by atoms with Crippen LogP contribution in [0.3, 0.4) is 0 Å². The quantitative estimate of drug-likeness (QED) is 0.265. The topological polar surface area (TPSA) is 80.7 Å². The molecule has 0 unspecified atom stereocenters. The highest BCUT2D eigenvalue weighted by molar-refractivity contribution is 7.85. The highest BCUT2D eigenvalue weighted by Crippen LogP contribution is 2.02. The minimum Gasteiger partial charge on any atom is -0.375 e. The molecule has 0 saturated carbocycles. The van der Waals surface area contributed by atoms with Crippen molar-refractivity contribution in [3.8, 4) is 0 Å². The van der Waals surface area contributed by atoms with Crippen LogP contribution in [0.15, 0.2) is 12.2 Å². The number of hydrogen-bond acceptors (Lipinski definition) is 4. The Morgan fingerprint density at radius 3 is 2.35 bits per heavy atom. The second-order valence-corrected chi connectivity index (χ2v) is 7.16. The third-order valence-corrected chi connectivity index (χ3v) is 3.76. The van der Waals surface area contributed by atoms with Gasteiger partial charge in [-0.25, -0.2) is 0 Å². The molecule has 0 rings (SSSR count). The molecule has 0 aliphatic heterocycles. The largest absolute Gasteiger partial charge is 0.375 e. The summed E-state index contributed by atoms with van der Waals surface area (Å²) >= 11 is 0. The van der Waals surface area contributed by atoms with Gasteiger partial charge in [-0.15, -0.1) is 0 Å². The highest BCUT2D eigenvalue weighted by Gasteiger charge is 2.16. The van der Waals surface area contributed by atoms with Gasteiger partial charge < -0.3 is 9.22 Å². The van der Waals surface area contributed by atoms with Crippen LogP contribution < -0.4 is 0 Å². The van der Waals surface area contributed by atoms with Gasteiger partial charge in [0.05, 0.1) is 39.6 Å². The first-order valence-electron chi connectivity index (χ1n) is 6.57. The molecule has 0 atom stereocenters. The Bertz CT molecular complexity index is 428. The lowest BCUT2D eigenvalue weighted by Crippen LogP contribution is -2.43. The van der Waals surface area contributed by atoms with Gasteiger partial charge in [-0.1, -0.05) is 6.58 Å². The van der Waals surface area contributed by atoms with E-state index in [9.17, 15) is 13.2 Å². The lowest BCUT2D eigenvalue weighted by atomic mass is 10.2. The fourth-order valence-electron chi connectivity index (χ4n) is 1.58. The average molecular weight is 308 g/mol. The van der Waals surface area contributed by atoms with E-state index in [-0.39, 0.29) is 11.5 Å². The molecular weight excluding hydrogens is 282 g/mol. The fraction of sp³-hybridized carbons (Fsp3) is 0.769. The van der Waals surface area contributed by atoms with E-state index in [0.717, 1.165) is 0 Å². The van der Waals surface area contributed by atoms with Crippen molar-refractivity contribution in [2.24, 2.45) is 0 Å². The zero-order chi connectivity index (χ0) is 15.8. The Kier molecular flexibility index (Phi) is 8.19. The number of nitrogens with zero attached hydrogens (tertiary/aromatic N) is 1. The second kappa shape index (κ2) is 8.51. The summed E-state index contributed by atoms with van der Waals surface area (Å²) in [5.41, 5.74) is 0.537. The first-order chi connectivity index (χ1) is 9.03. The number of likely N-dealkylation sites (N-methyl/N-ethyl adjacent to an activating group) is 1. The predicted molar refractivity (Wildman–Crippen MR) is 78.1 cm³/mol. The Balaban J connectivity index is 3.77. The van der Waals surface area contributed by atoms with Crippen molar-refractivity contribution in [3.05, 3.63) is 12.2 Å². The van der Waals surface area contributed by atoms with Gasteiger partial charge in [0.2, 0.25) is 0 Å². The standard InChI is InChI=1S/C13H25NO5S/c1-12(2)13(15)6-9-19-10-8-14(3,4)7-5-11-20(16,17)18/h1,5-11H2,2-4H3/p+1. The maximum absolute atomic E-state index is 11.3. The van der Waals surface area contributed by atoms with Gasteiger partial charge in [-0.2, -0.15) is 8.42 Å². The van der Waals surface area contributed by atoms with Crippen LogP contribution in [0.2, 0.25) is 0 Å². The number of ether oxygens (including phenoxy) is 1. The van der Waals surface area contributed by atoms with E-state index in [0.29, 0.717) is 49.2 Å². The van der Waals surface area contributed by atoms with Crippen LogP contribution in [-0.2, 0) is 19.6 Å². The summed E-state index contributed by atoms with van der Waals surface area (Å²) in [6, 6.07) is 0. The molecule has 6 nitrogen and oxygen atoms in total. The first-order valence-corrected chi connectivity index (χ1v) is 8.18. The van der Waals surface area contributed by atoms with Crippen LogP contribution >= 0.6 is 0 Å². The summed E-state index contributed by atoms with van der Waals surface area (Å²) in [4.78, 5) is 11.3. The molecule has 0 fully saturated rings. The molecule has 0 aliphatic carbocycles. The van der Waals surface area contributed by atoms with E-state index >= 15 is 0 Å². The molecule has 0 spiro atoms. The van der Waals surface area contributed by atoms with Crippen molar-refractivity contribution >= 4 is 15.9 Å². The molecule has 0 heterocycles. The zero-order valence-corrected chi connectivity index (χ0v) is 13.4. The third kappa shape index (κ3) is 11.1. The molecule has 118 valence electrons. The SMILES string of the molecule is C=C(C)C(=O)CCOCC[N+](C)(C)CCCS(=O)(=O)O. The maximum Gasteiger partial charge on any atom is 0.265 e. The number of carbonyl (C=O) groups is 1. The van der Waals surface area contributed by atoms with E-state index in [1.165, 1.54) is 0 Å². The lowest BCUT2D eigenvalue weighted by Gasteiger charge is -2.29. The first kappa shape index (κ1) is 19.2. The monoisotopic (exact) mass is 308 g/mol. The molecule has 7 heteroatoms. The average Bonchev–Trinajstić information content (AvgIpc) is 2.25. The number of ketones is 1. The summed E-state index contributed by atoms with van der Waals surface area (Å²) in [6.45, 7) is 7.47. The molecule has 0 aliphatic rings. The summed E-state index contributed by atoms with van der Waals surface area (Å²) < 4.78 is 35.9. The molecule has 0 saturated heterocycles. The summed E-state index contributed by atoms with van der Waals surface area (Å²) in [5, 5.41) is 0. The predicted octanol–water partition coefficient (Wildman–Crippen LogP) is 0.893. The van der Waals surface area contributed by atoms with Crippen molar-refractivity contribution in [1.82, 2.24) is 0 Å². The minimum absolute atomic E-state index is 0.00639. The Labute approximate surface area is 121 Å².